The van der Waals surface area contributed by atoms with Gasteiger partial charge in [-0.3, -0.25) is 19.3 Å². The van der Waals surface area contributed by atoms with Gasteiger partial charge in [0.2, 0.25) is 0 Å². The first-order valence-electron chi connectivity index (χ1n) is 10.7. The molecule has 35 heavy (non-hydrogen) atoms. The van der Waals surface area contributed by atoms with E-state index in [1.165, 1.54) is 25.3 Å². The Morgan fingerprint density at radius 2 is 1.97 bits per heavy atom. The maximum Gasteiger partial charge on any atom is 0.293 e. The lowest BCUT2D eigenvalue weighted by atomic mass is 10.1. The standard InChI is InChI=1S/C24H22ClFN2O6S/c1-32-20-11-15(5-6-19(20)34-14-22(29)27-7-9-33-10-8-27)12-21-23(30)28(24(31)35-21)13-16-17(25)3-2-4-18(16)26/h2-6,11-12H,7-10,13-14H2,1H3/b21-12-. The Kier molecular flexibility index (Phi) is 7.94. The van der Waals surface area contributed by atoms with Crippen molar-refractivity contribution in [1.82, 2.24) is 9.80 Å². The topological polar surface area (TPSA) is 85.4 Å². The second kappa shape index (κ2) is 11.1. The van der Waals surface area contributed by atoms with E-state index in [1.807, 2.05) is 0 Å². The molecular weight excluding hydrogens is 499 g/mol. The molecule has 2 fully saturated rings. The van der Waals surface area contributed by atoms with Gasteiger partial charge in [0.1, 0.15) is 5.82 Å². The molecule has 4 rings (SSSR count). The van der Waals surface area contributed by atoms with Gasteiger partial charge < -0.3 is 19.1 Å². The number of ether oxygens (including phenoxy) is 3. The molecule has 0 N–H and O–H groups in total. The van der Waals surface area contributed by atoms with E-state index in [2.05, 4.69) is 0 Å². The van der Waals surface area contributed by atoms with Gasteiger partial charge in [0, 0.05) is 23.7 Å². The van der Waals surface area contributed by atoms with Crippen molar-refractivity contribution in [1.29, 1.82) is 0 Å². The summed E-state index contributed by atoms with van der Waals surface area (Å²) in [6.45, 7) is 1.64. The molecule has 3 amide bonds. The fourth-order valence-electron chi connectivity index (χ4n) is 3.57. The Morgan fingerprint density at radius 1 is 1.20 bits per heavy atom. The maximum atomic E-state index is 14.1. The number of nitrogens with zero attached hydrogens (tertiary/aromatic N) is 2. The lowest BCUT2D eigenvalue weighted by Gasteiger charge is -2.26. The molecule has 0 spiro atoms. The summed E-state index contributed by atoms with van der Waals surface area (Å²) in [5.41, 5.74) is 0.663. The Hall–Kier alpha value is -3.08. The lowest BCUT2D eigenvalue weighted by Crippen LogP contribution is -2.43. The third kappa shape index (κ3) is 5.77. The zero-order valence-corrected chi connectivity index (χ0v) is 20.4. The van der Waals surface area contributed by atoms with Crippen LogP contribution < -0.4 is 9.47 Å². The number of benzene rings is 2. The van der Waals surface area contributed by atoms with E-state index >= 15 is 0 Å². The second-order valence-electron chi connectivity index (χ2n) is 7.66. The van der Waals surface area contributed by atoms with Crippen LogP contribution in [0.3, 0.4) is 0 Å². The summed E-state index contributed by atoms with van der Waals surface area (Å²) in [4.78, 5) is 40.4. The zero-order chi connectivity index (χ0) is 24.9. The van der Waals surface area contributed by atoms with Crippen molar-refractivity contribution in [3.63, 3.8) is 0 Å². The summed E-state index contributed by atoms with van der Waals surface area (Å²) in [5, 5.41) is -0.380. The van der Waals surface area contributed by atoms with E-state index in [-0.39, 0.29) is 34.6 Å². The highest BCUT2D eigenvalue weighted by molar-refractivity contribution is 8.18. The van der Waals surface area contributed by atoms with Gasteiger partial charge in [-0.05, 0) is 47.7 Å². The van der Waals surface area contributed by atoms with Crippen LogP contribution in [0.15, 0.2) is 41.3 Å². The minimum absolute atomic E-state index is 0.0764. The number of thioether (sulfide) groups is 1. The van der Waals surface area contributed by atoms with Gasteiger partial charge in [0.25, 0.3) is 17.1 Å². The molecular formula is C24H22ClFN2O6S. The van der Waals surface area contributed by atoms with Crippen molar-refractivity contribution in [2.75, 3.05) is 40.0 Å². The monoisotopic (exact) mass is 520 g/mol. The highest BCUT2D eigenvalue weighted by atomic mass is 35.5. The summed E-state index contributed by atoms with van der Waals surface area (Å²) in [6.07, 6.45) is 1.54. The molecule has 0 saturated carbocycles. The van der Waals surface area contributed by atoms with Crippen LogP contribution in [0.4, 0.5) is 9.18 Å². The fourth-order valence-corrected chi connectivity index (χ4v) is 4.63. The minimum Gasteiger partial charge on any atom is -0.493 e. The summed E-state index contributed by atoms with van der Waals surface area (Å²) in [6, 6.07) is 9.11. The van der Waals surface area contributed by atoms with Crippen LogP contribution in [0, 0.1) is 5.82 Å². The van der Waals surface area contributed by atoms with E-state index in [4.69, 9.17) is 25.8 Å². The Bertz CT molecular complexity index is 1160. The van der Waals surface area contributed by atoms with E-state index < -0.39 is 17.0 Å². The summed E-state index contributed by atoms with van der Waals surface area (Å²) >= 11 is 6.80. The van der Waals surface area contributed by atoms with Crippen LogP contribution in [0.25, 0.3) is 6.08 Å². The zero-order valence-electron chi connectivity index (χ0n) is 18.8. The molecule has 0 radical (unpaired) electrons. The van der Waals surface area contributed by atoms with Crippen molar-refractivity contribution < 1.29 is 33.0 Å². The lowest BCUT2D eigenvalue weighted by molar-refractivity contribution is -0.137. The third-order valence-corrected chi connectivity index (χ3v) is 6.71. The van der Waals surface area contributed by atoms with Gasteiger partial charge in [-0.1, -0.05) is 23.7 Å². The number of hydrogen-bond acceptors (Lipinski definition) is 7. The molecule has 184 valence electrons. The molecule has 2 aromatic rings. The van der Waals surface area contributed by atoms with Crippen molar-refractivity contribution in [3.05, 3.63) is 63.3 Å². The van der Waals surface area contributed by atoms with Crippen molar-refractivity contribution in [2.24, 2.45) is 0 Å². The molecule has 2 aliphatic rings. The van der Waals surface area contributed by atoms with Gasteiger partial charge in [-0.2, -0.15) is 0 Å². The molecule has 0 atom stereocenters. The smallest absolute Gasteiger partial charge is 0.293 e. The van der Waals surface area contributed by atoms with Crippen LogP contribution in [0.5, 0.6) is 11.5 Å². The molecule has 0 aliphatic carbocycles. The number of rotatable bonds is 7. The number of carbonyl (C=O) groups excluding carboxylic acids is 3. The van der Waals surface area contributed by atoms with Gasteiger partial charge in [-0.15, -0.1) is 0 Å². The highest BCUT2D eigenvalue weighted by Crippen LogP contribution is 2.36. The Morgan fingerprint density at radius 3 is 2.69 bits per heavy atom. The molecule has 0 bridgehead atoms. The average Bonchev–Trinajstić information content (AvgIpc) is 3.12. The maximum absolute atomic E-state index is 14.1. The number of imide groups is 1. The summed E-state index contributed by atoms with van der Waals surface area (Å²) < 4.78 is 30.4. The SMILES string of the molecule is COc1cc(/C=C2\SC(=O)N(Cc3c(F)cccc3Cl)C2=O)ccc1OCC(=O)N1CCOCC1. The number of amides is 3. The van der Waals surface area contributed by atoms with Crippen molar-refractivity contribution in [2.45, 2.75) is 6.54 Å². The fraction of sp³-hybridized carbons (Fsp3) is 0.292. The van der Waals surface area contributed by atoms with E-state index in [0.29, 0.717) is 43.4 Å². The number of methoxy groups -OCH3 is 1. The predicted octanol–water partition coefficient (Wildman–Crippen LogP) is 3.96. The molecule has 0 unspecified atom stereocenters. The predicted molar refractivity (Wildman–Crippen MR) is 129 cm³/mol. The molecule has 8 nitrogen and oxygen atoms in total. The highest BCUT2D eigenvalue weighted by Gasteiger charge is 2.36. The van der Waals surface area contributed by atoms with Crippen LogP contribution in [0.1, 0.15) is 11.1 Å². The molecule has 2 aliphatic heterocycles. The normalized spacial score (nSPS) is 17.3. The Balaban J connectivity index is 1.45. The van der Waals surface area contributed by atoms with Crippen LogP contribution >= 0.6 is 23.4 Å². The third-order valence-electron chi connectivity index (χ3n) is 5.45. The van der Waals surface area contributed by atoms with Crippen LogP contribution in [-0.2, 0) is 20.9 Å². The first kappa shape index (κ1) is 25.0. The minimum atomic E-state index is -0.590. The second-order valence-corrected chi connectivity index (χ2v) is 9.06. The quantitative estimate of drug-likeness (QED) is 0.511. The largest absolute Gasteiger partial charge is 0.493 e. The van der Waals surface area contributed by atoms with E-state index in [0.717, 1.165) is 16.7 Å². The van der Waals surface area contributed by atoms with Gasteiger partial charge in [0.15, 0.2) is 18.1 Å². The molecule has 2 saturated heterocycles. The van der Waals surface area contributed by atoms with E-state index in [9.17, 15) is 18.8 Å². The first-order chi connectivity index (χ1) is 16.9. The number of halogens is 2. The molecule has 0 aromatic heterocycles. The van der Waals surface area contributed by atoms with E-state index in [1.54, 1.807) is 29.2 Å². The van der Waals surface area contributed by atoms with Crippen LogP contribution in [-0.4, -0.2) is 66.9 Å². The summed E-state index contributed by atoms with van der Waals surface area (Å²) in [7, 11) is 1.46. The molecule has 2 aromatic carbocycles. The molecule has 2 heterocycles. The number of hydrogen-bond donors (Lipinski definition) is 0. The van der Waals surface area contributed by atoms with Gasteiger partial charge in [-0.25, -0.2) is 4.39 Å². The van der Waals surface area contributed by atoms with Gasteiger partial charge in [0.05, 0.1) is 31.8 Å². The average molecular weight is 521 g/mol. The van der Waals surface area contributed by atoms with Crippen LogP contribution in [0.2, 0.25) is 5.02 Å². The van der Waals surface area contributed by atoms with Crippen molar-refractivity contribution in [3.8, 4) is 11.5 Å². The number of carbonyl (C=O) groups is 3. The Labute approximate surface area is 210 Å². The van der Waals surface area contributed by atoms with Gasteiger partial charge >= 0.3 is 0 Å². The van der Waals surface area contributed by atoms with Crippen molar-refractivity contribution >= 4 is 46.5 Å². The summed E-state index contributed by atoms with van der Waals surface area (Å²) in [5.74, 6) is -0.551. The number of morpholine rings is 1. The molecule has 11 heteroatoms. The first-order valence-corrected chi connectivity index (χ1v) is 11.9.